The van der Waals surface area contributed by atoms with Crippen molar-refractivity contribution in [3.8, 4) is 0 Å². The van der Waals surface area contributed by atoms with Crippen molar-refractivity contribution in [2.45, 2.75) is 37.5 Å². The maximum absolute atomic E-state index is 12.5. The van der Waals surface area contributed by atoms with E-state index in [0.29, 0.717) is 11.9 Å². The Morgan fingerprint density at radius 3 is 3.00 bits per heavy atom. The van der Waals surface area contributed by atoms with Gasteiger partial charge >= 0.3 is 0 Å². The Kier molecular flexibility index (Phi) is 2.87. The highest BCUT2D eigenvalue weighted by atomic mass is 32.2. The topological polar surface area (TPSA) is 20.3 Å². The van der Waals surface area contributed by atoms with Crippen LogP contribution < -0.4 is 4.90 Å². The molecule has 0 spiro atoms. The van der Waals surface area contributed by atoms with Crippen molar-refractivity contribution in [3.63, 3.8) is 0 Å². The lowest BCUT2D eigenvalue weighted by Crippen LogP contribution is -2.40. The number of rotatable bonds is 1. The van der Waals surface area contributed by atoms with Gasteiger partial charge in [-0.1, -0.05) is 18.2 Å². The molecular formula is C14H17NOS. The van der Waals surface area contributed by atoms with Crippen LogP contribution in [0.5, 0.6) is 0 Å². The van der Waals surface area contributed by atoms with Gasteiger partial charge in [0.15, 0.2) is 0 Å². The summed E-state index contributed by atoms with van der Waals surface area (Å²) < 4.78 is 0. The van der Waals surface area contributed by atoms with Gasteiger partial charge in [-0.25, -0.2) is 0 Å². The average molecular weight is 247 g/mol. The Morgan fingerprint density at radius 1 is 1.41 bits per heavy atom. The summed E-state index contributed by atoms with van der Waals surface area (Å²) in [5.74, 6) is 1.46. The molecule has 1 amide bonds. The van der Waals surface area contributed by atoms with E-state index in [-0.39, 0.29) is 5.25 Å². The van der Waals surface area contributed by atoms with Crippen LogP contribution in [0.1, 0.15) is 25.3 Å². The first-order valence-electron chi connectivity index (χ1n) is 6.30. The van der Waals surface area contributed by atoms with E-state index in [2.05, 4.69) is 25.1 Å². The molecule has 1 saturated heterocycles. The summed E-state index contributed by atoms with van der Waals surface area (Å²) in [6.07, 6.45) is 3.24. The molecule has 0 N–H and O–H groups in total. The molecule has 0 saturated carbocycles. The predicted molar refractivity (Wildman–Crippen MR) is 72.6 cm³/mol. The molecule has 0 radical (unpaired) electrons. The highest BCUT2D eigenvalue weighted by Gasteiger charge is 2.35. The summed E-state index contributed by atoms with van der Waals surface area (Å²) in [4.78, 5) is 14.6. The van der Waals surface area contributed by atoms with E-state index in [1.165, 1.54) is 12.0 Å². The second kappa shape index (κ2) is 4.37. The smallest absolute Gasteiger partial charge is 0.240 e. The molecular weight excluding hydrogens is 230 g/mol. The molecule has 2 aliphatic heterocycles. The van der Waals surface area contributed by atoms with E-state index in [0.717, 1.165) is 24.3 Å². The van der Waals surface area contributed by atoms with Gasteiger partial charge in [-0.05, 0) is 43.6 Å². The minimum atomic E-state index is 0.198. The standard InChI is InChI=1S/C14H17NOS/c1-10-9-11-5-2-3-6-12(11)15(10)14(16)13-7-4-8-17-13/h2-3,5-6,10,13H,4,7-9H2,1H3. The molecule has 3 heteroatoms. The van der Waals surface area contributed by atoms with Gasteiger partial charge in [-0.15, -0.1) is 11.8 Å². The van der Waals surface area contributed by atoms with Crippen molar-refractivity contribution in [1.29, 1.82) is 0 Å². The fourth-order valence-electron chi connectivity index (χ4n) is 2.83. The van der Waals surface area contributed by atoms with Crippen LogP contribution in [-0.2, 0) is 11.2 Å². The van der Waals surface area contributed by atoms with Crippen LogP contribution in [0.4, 0.5) is 5.69 Å². The molecule has 0 aromatic heterocycles. The fraction of sp³-hybridized carbons (Fsp3) is 0.500. The molecule has 2 heterocycles. The molecule has 2 atom stereocenters. The van der Waals surface area contributed by atoms with Crippen LogP contribution >= 0.6 is 11.8 Å². The molecule has 2 unspecified atom stereocenters. The molecule has 0 bridgehead atoms. The second-order valence-electron chi connectivity index (χ2n) is 4.89. The number of para-hydroxylation sites is 1. The van der Waals surface area contributed by atoms with Crippen molar-refractivity contribution in [2.75, 3.05) is 10.7 Å². The molecule has 1 fully saturated rings. The summed E-state index contributed by atoms with van der Waals surface area (Å²) in [7, 11) is 0. The molecule has 1 aromatic carbocycles. The van der Waals surface area contributed by atoms with Gasteiger partial charge in [0.2, 0.25) is 5.91 Å². The maximum Gasteiger partial charge on any atom is 0.240 e. The van der Waals surface area contributed by atoms with Crippen LogP contribution in [0.25, 0.3) is 0 Å². The van der Waals surface area contributed by atoms with E-state index in [1.54, 1.807) is 0 Å². The number of nitrogens with zero attached hydrogens (tertiary/aromatic N) is 1. The quantitative estimate of drug-likeness (QED) is 0.760. The van der Waals surface area contributed by atoms with Crippen LogP contribution in [0.2, 0.25) is 0 Å². The number of anilines is 1. The number of hydrogen-bond donors (Lipinski definition) is 0. The Balaban J connectivity index is 1.89. The Hall–Kier alpha value is -0.960. The number of carbonyl (C=O) groups excluding carboxylic acids is 1. The van der Waals surface area contributed by atoms with E-state index in [9.17, 15) is 4.79 Å². The van der Waals surface area contributed by atoms with E-state index < -0.39 is 0 Å². The lowest BCUT2D eigenvalue weighted by atomic mass is 10.1. The molecule has 90 valence electrons. The monoisotopic (exact) mass is 247 g/mol. The van der Waals surface area contributed by atoms with Crippen molar-refractivity contribution in [3.05, 3.63) is 29.8 Å². The molecule has 17 heavy (non-hydrogen) atoms. The number of hydrogen-bond acceptors (Lipinski definition) is 2. The number of fused-ring (bicyclic) bond motifs is 1. The van der Waals surface area contributed by atoms with Crippen LogP contribution in [-0.4, -0.2) is 23.0 Å². The zero-order chi connectivity index (χ0) is 11.8. The summed E-state index contributed by atoms with van der Waals surface area (Å²) in [5.41, 5.74) is 2.45. The zero-order valence-corrected chi connectivity index (χ0v) is 10.9. The SMILES string of the molecule is CC1Cc2ccccc2N1C(=O)C1CCCS1. The summed E-state index contributed by atoms with van der Waals surface area (Å²) in [6.45, 7) is 2.15. The predicted octanol–water partition coefficient (Wildman–Crippen LogP) is 2.86. The highest BCUT2D eigenvalue weighted by molar-refractivity contribution is 8.00. The van der Waals surface area contributed by atoms with Crippen molar-refractivity contribution < 1.29 is 4.79 Å². The van der Waals surface area contributed by atoms with Crippen molar-refractivity contribution in [1.82, 2.24) is 0 Å². The normalized spacial score (nSPS) is 27.2. The largest absolute Gasteiger partial charge is 0.308 e. The fourth-order valence-corrected chi connectivity index (χ4v) is 4.04. The zero-order valence-electron chi connectivity index (χ0n) is 10.1. The number of amides is 1. The van der Waals surface area contributed by atoms with Gasteiger partial charge < -0.3 is 4.90 Å². The first-order chi connectivity index (χ1) is 8.27. The molecule has 1 aromatic rings. The van der Waals surface area contributed by atoms with Gasteiger partial charge in [0.25, 0.3) is 0 Å². The van der Waals surface area contributed by atoms with Crippen molar-refractivity contribution in [2.24, 2.45) is 0 Å². The molecule has 2 nitrogen and oxygen atoms in total. The maximum atomic E-state index is 12.5. The summed E-state index contributed by atoms with van der Waals surface area (Å²) in [6, 6.07) is 8.63. The third kappa shape index (κ3) is 1.86. The molecule has 2 aliphatic rings. The van der Waals surface area contributed by atoms with Gasteiger partial charge in [-0.2, -0.15) is 0 Å². The average Bonchev–Trinajstić information content (AvgIpc) is 2.94. The van der Waals surface area contributed by atoms with E-state index in [4.69, 9.17) is 0 Å². The van der Waals surface area contributed by atoms with E-state index in [1.807, 2.05) is 22.7 Å². The summed E-state index contributed by atoms with van der Waals surface area (Å²) in [5, 5.41) is 0.198. The van der Waals surface area contributed by atoms with Gasteiger partial charge in [-0.3, -0.25) is 4.79 Å². The van der Waals surface area contributed by atoms with E-state index >= 15 is 0 Å². The Bertz CT molecular complexity index is 440. The Labute approximate surface area is 106 Å². The number of benzene rings is 1. The second-order valence-corrected chi connectivity index (χ2v) is 6.20. The third-order valence-electron chi connectivity index (χ3n) is 3.65. The lowest BCUT2D eigenvalue weighted by molar-refractivity contribution is -0.118. The highest BCUT2D eigenvalue weighted by Crippen LogP contribution is 2.36. The van der Waals surface area contributed by atoms with Crippen LogP contribution in [0.15, 0.2) is 24.3 Å². The van der Waals surface area contributed by atoms with Gasteiger partial charge in [0.05, 0.1) is 5.25 Å². The minimum Gasteiger partial charge on any atom is -0.308 e. The van der Waals surface area contributed by atoms with Gasteiger partial charge in [0.1, 0.15) is 0 Å². The lowest BCUT2D eigenvalue weighted by Gasteiger charge is -2.25. The minimum absolute atomic E-state index is 0.198. The van der Waals surface area contributed by atoms with Crippen LogP contribution in [0.3, 0.4) is 0 Å². The molecule has 3 rings (SSSR count). The number of thioether (sulfide) groups is 1. The molecule has 0 aliphatic carbocycles. The Morgan fingerprint density at radius 2 is 2.24 bits per heavy atom. The van der Waals surface area contributed by atoms with Crippen molar-refractivity contribution >= 4 is 23.4 Å². The van der Waals surface area contributed by atoms with Crippen LogP contribution in [0, 0.1) is 0 Å². The summed E-state index contributed by atoms with van der Waals surface area (Å²) >= 11 is 1.82. The first kappa shape index (κ1) is 11.1. The first-order valence-corrected chi connectivity index (χ1v) is 7.35. The number of carbonyl (C=O) groups is 1. The van der Waals surface area contributed by atoms with Gasteiger partial charge in [0, 0.05) is 11.7 Å². The third-order valence-corrected chi connectivity index (χ3v) is 5.01.